The predicted octanol–water partition coefficient (Wildman–Crippen LogP) is -0.425. The van der Waals surface area contributed by atoms with Crippen LogP contribution in [0.5, 0.6) is 0 Å². The lowest BCUT2D eigenvalue weighted by Crippen LogP contribution is -2.56. The molecule has 0 radical (unpaired) electrons. The normalized spacial score (nSPS) is 18.7. The van der Waals surface area contributed by atoms with Crippen molar-refractivity contribution in [2.24, 2.45) is 0 Å². The highest BCUT2D eigenvalue weighted by molar-refractivity contribution is 7.90. The molecular weight excluding hydrogens is 320 g/mol. The van der Waals surface area contributed by atoms with Crippen LogP contribution in [0.3, 0.4) is 0 Å². The number of ether oxygens (including phenoxy) is 1. The summed E-state index contributed by atoms with van der Waals surface area (Å²) >= 11 is 0. The van der Waals surface area contributed by atoms with Crippen LogP contribution in [0.25, 0.3) is 0 Å². The Morgan fingerprint density at radius 3 is 2.70 bits per heavy atom. The molecule has 0 bridgehead atoms. The molecule has 1 aromatic rings. The molecule has 8 heteroatoms. The average molecular weight is 340 g/mol. The van der Waals surface area contributed by atoms with E-state index in [1.165, 1.54) is 4.90 Å². The molecule has 1 fully saturated rings. The Balaban J connectivity index is 2.01. The largest absolute Gasteiger partial charge is 0.369 e. The monoisotopic (exact) mass is 340 g/mol. The number of hydrogen-bond donors (Lipinski definition) is 1. The average Bonchev–Trinajstić information content (AvgIpc) is 2.49. The van der Waals surface area contributed by atoms with Crippen LogP contribution in [-0.2, 0) is 30.7 Å². The van der Waals surface area contributed by atoms with E-state index in [9.17, 15) is 18.0 Å². The van der Waals surface area contributed by atoms with Crippen molar-refractivity contribution in [3.05, 3.63) is 35.9 Å². The molecule has 0 unspecified atom stereocenters. The summed E-state index contributed by atoms with van der Waals surface area (Å²) in [5.41, 5.74) is 0.914. The minimum atomic E-state index is -3.15. The molecule has 0 aliphatic carbocycles. The molecule has 0 spiro atoms. The van der Waals surface area contributed by atoms with Crippen molar-refractivity contribution in [3.63, 3.8) is 0 Å². The summed E-state index contributed by atoms with van der Waals surface area (Å²) < 4.78 is 27.4. The van der Waals surface area contributed by atoms with Crippen LogP contribution >= 0.6 is 0 Å². The Morgan fingerprint density at radius 2 is 2.04 bits per heavy atom. The summed E-state index contributed by atoms with van der Waals surface area (Å²) in [5.74, 6) is -0.806. The second-order valence-corrected chi connectivity index (χ2v) is 7.72. The van der Waals surface area contributed by atoms with Crippen LogP contribution in [0.4, 0.5) is 0 Å². The molecule has 23 heavy (non-hydrogen) atoms. The lowest BCUT2D eigenvalue weighted by atomic mass is 10.1. The number of amides is 2. The van der Waals surface area contributed by atoms with E-state index in [0.29, 0.717) is 6.54 Å². The molecule has 1 aliphatic rings. The standard InChI is InChI=1S/C15H20N2O5S/c1-23(20,21)8-7-16-15(19)13-10-22-11-14(18)17(13)9-12-5-3-2-4-6-12/h2-6,13H,7-11H2,1H3,(H,16,19)/t13-/m0/s1. The zero-order valence-corrected chi connectivity index (χ0v) is 13.7. The fraction of sp³-hybridized carbons (Fsp3) is 0.467. The van der Waals surface area contributed by atoms with Gasteiger partial charge in [-0.15, -0.1) is 0 Å². The van der Waals surface area contributed by atoms with E-state index < -0.39 is 21.8 Å². The van der Waals surface area contributed by atoms with E-state index in [1.807, 2.05) is 30.3 Å². The topological polar surface area (TPSA) is 92.8 Å². The van der Waals surface area contributed by atoms with Gasteiger partial charge >= 0.3 is 0 Å². The lowest BCUT2D eigenvalue weighted by Gasteiger charge is -2.34. The number of sulfone groups is 1. The molecule has 1 N–H and O–H groups in total. The molecule has 126 valence electrons. The number of hydrogen-bond acceptors (Lipinski definition) is 5. The van der Waals surface area contributed by atoms with Gasteiger partial charge in [0.2, 0.25) is 11.8 Å². The molecule has 1 aliphatic heterocycles. The fourth-order valence-corrected chi connectivity index (χ4v) is 2.75. The summed E-state index contributed by atoms with van der Waals surface area (Å²) in [6, 6.07) is 8.60. The molecular formula is C15H20N2O5S. The van der Waals surface area contributed by atoms with Gasteiger partial charge in [-0.2, -0.15) is 0 Å². The highest BCUT2D eigenvalue weighted by Gasteiger charge is 2.33. The highest BCUT2D eigenvalue weighted by Crippen LogP contribution is 2.13. The van der Waals surface area contributed by atoms with Gasteiger partial charge in [-0.25, -0.2) is 8.42 Å². The predicted molar refractivity (Wildman–Crippen MR) is 84.3 cm³/mol. The van der Waals surface area contributed by atoms with Gasteiger partial charge in [-0.3, -0.25) is 9.59 Å². The molecule has 0 aromatic heterocycles. The summed E-state index contributed by atoms with van der Waals surface area (Å²) in [6.45, 7) is 0.373. The quantitative estimate of drug-likeness (QED) is 0.759. The highest BCUT2D eigenvalue weighted by atomic mass is 32.2. The number of nitrogens with one attached hydrogen (secondary N) is 1. The van der Waals surface area contributed by atoms with E-state index in [-0.39, 0.29) is 31.4 Å². The Hall–Kier alpha value is -1.93. The van der Waals surface area contributed by atoms with Crippen molar-refractivity contribution < 1.29 is 22.7 Å². The van der Waals surface area contributed by atoms with E-state index in [2.05, 4.69) is 5.32 Å². The lowest BCUT2D eigenvalue weighted by molar-refractivity contribution is -0.155. The zero-order chi connectivity index (χ0) is 16.9. The molecule has 2 amide bonds. The number of carbonyl (C=O) groups is 2. The van der Waals surface area contributed by atoms with Crippen molar-refractivity contribution in [1.29, 1.82) is 0 Å². The van der Waals surface area contributed by atoms with Gasteiger partial charge < -0.3 is 15.0 Å². The molecule has 1 aromatic carbocycles. The number of carbonyl (C=O) groups excluding carboxylic acids is 2. The third-order valence-electron chi connectivity index (χ3n) is 3.47. The SMILES string of the molecule is CS(=O)(=O)CCNC(=O)[C@@H]1COCC(=O)N1Cc1ccccc1. The zero-order valence-electron chi connectivity index (χ0n) is 12.9. The van der Waals surface area contributed by atoms with Gasteiger partial charge in [0.25, 0.3) is 0 Å². The maximum Gasteiger partial charge on any atom is 0.249 e. The Labute approximate surface area is 135 Å². The first kappa shape index (κ1) is 17.4. The minimum absolute atomic E-state index is 0.0154. The van der Waals surface area contributed by atoms with Crippen LogP contribution < -0.4 is 5.32 Å². The summed E-state index contributed by atoms with van der Waals surface area (Å²) in [7, 11) is -3.15. The van der Waals surface area contributed by atoms with Crippen LogP contribution in [0.1, 0.15) is 5.56 Å². The first-order chi connectivity index (χ1) is 10.9. The molecule has 1 saturated heterocycles. The number of nitrogens with zero attached hydrogens (tertiary/aromatic N) is 1. The van der Waals surface area contributed by atoms with Gasteiger partial charge in [0.1, 0.15) is 22.5 Å². The first-order valence-electron chi connectivity index (χ1n) is 7.23. The van der Waals surface area contributed by atoms with Crippen LogP contribution in [0.15, 0.2) is 30.3 Å². The Bertz CT molecular complexity index is 660. The van der Waals surface area contributed by atoms with Gasteiger partial charge in [-0.1, -0.05) is 30.3 Å². The molecule has 2 rings (SSSR count). The van der Waals surface area contributed by atoms with Crippen molar-refractivity contribution in [3.8, 4) is 0 Å². The van der Waals surface area contributed by atoms with Gasteiger partial charge in [0.15, 0.2) is 0 Å². The van der Waals surface area contributed by atoms with Crippen molar-refractivity contribution in [2.75, 3.05) is 31.8 Å². The summed E-state index contributed by atoms with van der Waals surface area (Å²) in [6.07, 6.45) is 1.11. The minimum Gasteiger partial charge on any atom is -0.369 e. The second kappa shape index (κ2) is 7.56. The second-order valence-electron chi connectivity index (χ2n) is 5.46. The van der Waals surface area contributed by atoms with E-state index in [4.69, 9.17) is 4.74 Å². The maximum absolute atomic E-state index is 12.3. The maximum atomic E-state index is 12.3. The Morgan fingerprint density at radius 1 is 1.35 bits per heavy atom. The van der Waals surface area contributed by atoms with Gasteiger partial charge in [0, 0.05) is 19.3 Å². The van der Waals surface area contributed by atoms with E-state index in [0.717, 1.165) is 11.8 Å². The van der Waals surface area contributed by atoms with Gasteiger partial charge in [0.05, 0.1) is 12.4 Å². The fourth-order valence-electron chi connectivity index (χ4n) is 2.28. The third-order valence-corrected chi connectivity index (χ3v) is 4.41. The summed E-state index contributed by atoms with van der Waals surface area (Å²) in [4.78, 5) is 25.8. The van der Waals surface area contributed by atoms with Crippen molar-refractivity contribution in [2.45, 2.75) is 12.6 Å². The molecule has 0 saturated carbocycles. The van der Waals surface area contributed by atoms with Gasteiger partial charge in [-0.05, 0) is 5.56 Å². The smallest absolute Gasteiger partial charge is 0.249 e. The number of rotatable bonds is 6. The molecule has 1 atom stereocenters. The van der Waals surface area contributed by atoms with Crippen molar-refractivity contribution >= 4 is 21.7 Å². The first-order valence-corrected chi connectivity index (χ1v) is 9.29. The Kier molecular flexibility index (Phi) is 5.73. The van der Waals surface area contributed by atoms with E-state index in [1.54, 1.807) is 0 Å². The van der Waals surface area contributed by atoms with E-state index >= 15 is 0 Å². The summed E-state index contributed by atoms with van der Waals surface area (Å²) in [5, 5.41) is 2.55. The van der Waals surface area contributed by atoms with Crippen LogP contribution in [0, 0.1) is 0 Å². The molecule has 1 heterocycles. The number of morpholine rings is 1. The van der Waals surface area contributed by atoms with Crippen LogP contribution in [0.2, 0.25) is 0 Å². The number of benzene rings is 1. The molecule has 7 nitrogen and oxygen atoms in total. The van der Waals surface area contributed by atoms with Crippen LogP contribution in [-0.4, -0.2) is 62.9 Å². The van der Waals surface area contributed by atoms with Crippen molar-refractivity contribution in [1.82, 2.24) is 10.2 Å². The third kappa shape index (κ3) is 5.33.